The third kappa shape index (κ3) is 6.52. The van der Waals surface area contributed by atoms with Gasteiger partial charge in [-0.05, 0) is 12.5 Å². The number of nitrogens with zero attached hydrogens (tertiary/aromatic N) is 4. The van der Waals surface area contributed by atoms with Gasteiger partial charge in [0.1, 0.15) is 6.54 Å². The highest BCUT2D eigenvalue weighted by Crippen LogP contribution is 2.14. The molecule has 0 fully saturated rings. The van der Waals surface area contributed by atoms with Gasteiger partial charge in [-0.1, -0.05) is 24.9 Å². The summed E-state index contributed by atoms with van der Waals surface area (Å²) in [4.78, 5) is 19.8. The highest BCUT2D eigenvalue weighted by atomic mass is 35.5. The number of carbonyl (C=O) groups is 1. The number of aliphatic imine (C=N–C) groups is 1. The van der Waals surface area contributed by atoms with Crippen LogP contribution in [0, 0.1) is 0 Å². The first kappa shape index (κ1) is 19.4. The summed E-state index contributed by atoms with van der Waals surface area (Å²) in [5, 5.41) is 4.04. The topological polar surface area (TPSA) is 52.9 Å². The maximum absolute atomic E-state index is 11.8. The molecular weight excluding hydrogens is 314 g/mol. The molecule has 0 spiro atoms. The molecule has 0 aliphatic carbocycles. The number of hydrogen-bond acceptors (Lipinski definition) is 2. The lowest BCUT2D eigenvalue weighted by Gasteiger charge is -2.23. The third-order valence-electron chi connectivity index (χ3n) is 3.51. The van der Waals surface area contributed by atoms with Crippen molar-refractivity contribution >= 4 is 23.5 Å². The minimum absolute atomic E-state index is 0.0184. The maximum atomic E-state index is 11.8. The van der Waals surface area contributed by atoms with Crippen molar-refractivity contribution in [2.45, 2.75) is 26.3 Å². The Labute approximate surface area is 144 Å². The lowest BCUT2D eigenvalue weighted by molar-refractivity contribution is -0.127. The lowest BCUT2D eigenvalue weighted by Crippen LogP contribution is -2.40. The second kappa shape index (κ2) is 9.45. The van der Waals surface area contributed by atoms with E-state index >= 15 is 0 Å². The van der Waals surface area contributed by atoms with Crippen molar-refractivity contribution < 1.29 is 4.79 Å². The summed E-state index contributed by atoms with van der Waals surface area (Å²) in [6.45, 7) is 3.78. The van der Waals surface area contributed by atoms with Crippen LogP contribution in [0.1, 0.15) is 25.5 Å². The Bertz CT molecular complexity index is 539. The van der Waals surface area contributed by atoms with E-state index in [0.717, 1.165) is 36.1 Å². The Hall–Kier alpha value is -1.69. The fourth-order valence-electron chi connectivity index (χ4n) is 2.01. The number of aryl methyl sites for hydroxylation is 1. The number of carbonyl (C=O) groups excluding carboxylic acids is 1. The van der Waals surface area contributed by atoms with Crippen LogP contribution in [0.25, 0.3) is 0 Å². The summed E-state index contributed by atoms with van der Waals surface area (Å²) in [7, 11) is 7.39. The van der Waals surface area contributed by atoms with E-state index < -0.39 is 0 Å². The van der Waals surface area contributed by atoms with Gasteiger partial charge >= 0.3 is 0 Å². The molecule has 0 aromatic carbocycles. The van der Waals surface area contributed by atoms with Crippen molar-refractivity contribution in [3.8, 4) is 0 Å². The number of nitrogens with one attached hydrogen (secondary N) is 1. The van der Waals surface area contributed by atoms with Crippen LogP contribution in [0.5, 0.6) is 0 Å². The Kier molecular flexibility index (Phi) is 7.95. The largest absolute Gasteiger partial charge is 0.356 e. The van der Waals surface area contributed by atoms with Crippen LogP contribution >= 0.6 is 11.6 Å². The first-order valence-electron chi connectivity index (χ1n) is 7.85. The van der Waals surface area contributed by atoms with Gasteiger partial charge in [0.15, 0.2) is 5.96 Å². The first-order valence-corrected chi connectivity index (χ1v) is 8.23. The molecule has 0 saturated heterocycles. The van der Waals surface area contributed by atoms with E-state index in [4.69, 9.17) is 11.6 Å². The van der Waals surface area contributed by atoms with E-state index in [1.54, 1.807) is 19.0 Å². The van der Waals surface area contributed by atoms with Gasteiger partial charge in [-0.3, -0.25) is 4.79 Å². The van der Waals surface area contributed by atoms with E-state index in [1.165, 1.54) is 0 Å². The Morgan fingerprint density at radius 1 is 1.39 bits per heavy atom. The van der Waals surface area contributed by atoms with Gasteiger partial charge in [-0.15, -0.1) is 0 Å². The van der Waals surface area contributed by atoms with E-state index in [0.29, 0.717) is 6.54 Å². The molecule has 1 amide bonds. The average Bonchev–Trinajstić information content (AvgIpc) is 2.79. The van der Waals surface area contributed by atoms with Crippen LogP contribution in [0.4, 0.5) is 0 Å². The predicted molar refractivity (Wildman–Crippen MR) is 95.8 cm³/mol. The average molecular weight is 342 g/mol. The van der Waals surface area contributed by atoms with Gasteiger partial charge in [0.25, 0.3) is 0 Å². The number of aromatic nitrogens is 1. The number of unbranched alkanes of at least 4 members (excludes halogenated alkanes) is 1. The molecule has 130 valence electrons. The van der Waals surface area contributed by atoms with Gasteiger partial charge in [0.2, 0.25) is 5.91 Å². The van der Waals surface area contributed by atoms with Crippen molar-refractivity contribution in [3.05, 3.63) is 23.0 Å². The van der Waals surface area contributed by atoms with Crippen LogP contribution in [0.2, 0.25) is 5.02 Å². The molecule has 0 aliphatic rings. The summed E-state index contributed by atoms with van der Waals surface area (Å²) in [6, 6.07) is 1.94. The highest BCUT2D eigenvalue weighted by Gasteiger charge is 2.11. The number of likely N-dealkylation sites (N-methyl/N-ethyl adjacent to an activating group) is 1. The molecule has 1 N–H and O–H groups in total. The van der Waals surface area contributed by atoms with Crippen molar-refractivity contribution in [1.29, 1.82) is 0 Å². The monoisotopic (exact) mass is 341 g/mol. The molecular formula is C16H28ClN5O. The fraction of sp³-hybridized carbons (Fsp3) is 0.625. The third-order valence-corrected chi connectivity index (χ3v) is 3.72. The molecule has 0 unspecified atom stereocenters. The molecule has 1 rings (SSSR count). The zero-order valence-corrected chi connectivity index (χ0v) is 15.5. The molecule has 0 aliphatic heterocycles. The summed E-state index contributed by atoms with van der Waals surface area (Å²) in [5.41, 5.74) is 1.08. The van der Waals surface area contributed by atoms with Crippen molar-refractivity contribution in [2.24, 2.45) is 12.0 Å². The fourth-order valence-corrected chi connectivity index (χ4v) is 2.29. The van der Waals surface area contributed by atoms with Crippen molar-refractivity contribution in [2.75, 3.05) is 34.2 Å². The normalized spacial score (nSPS) is 11.5. The molecule has 7 heteroatoms. The lowest BCUT2D eigenvalue weighted by atomic mass is 10.3. The summed E-state index contributed by atoms with van der Waals surface area (Å²) < 4.78 is 1.99. The van der Waals surface area contributed by atoms with Crippen LogP contribution < -0.4 is 5.32 Å². The van der Waals surface area contributed by atoms with Gasteiger partial charge in [-0.2, -0.15) is 0 Å². The van der Waals surface area contributed by atoms with E-state index in [-0.39, 0.29) is 12.5 Å². The van der Waals surface area contributed by atoms with Crippen LogP contribution in [0.3, 0.4) is 0 Å². The van der Waals surface area contributed by atoms with Crippen molar-refractivity contribution in [3.63, 3.8) is 0 Å². The Balaban J connectivity index is 2.78. The quantitative estimate of drug-likeness (QED) is 0.468. The minimum Gasteiger partial charge on any atom is -0.356 e. The van der Waals surface area contributed by atoms with Crippen LogP contribution in [0.15, 0.2) is 17.3 Å². The minimum atomic E-state index is -0.0184. The second-order valence-corrected chi connectivity index (χ2v) is 6.26. The SMILES string of the molecule is CCCCNC(=NCC(=O)N(C)C)N(C)Cc1cc(Cl)cn1C. The highest BCUT2D eigenvalue weighted by molar-refractivity contribution is 6.30. The Morgan fingerprint density at radius 2 is 2.09 bits per heavy atom. The maximum Gasteiger partial charge on any atom is 0.243 e. The van der Waals surface area contributed by atoms with E-state index in [9.17, 15) is 4.79 Å². The Morgan fingerprint density at radius 3 is 2.61 bits per heavy atom. The molecule has 1 heterocycles. The number of rotatable bonds is 7. The van der Waals surface area contributed by atoms with E-state index in [1.807, 2.05) is 35.8 Å². The predicted octanol–water partition coefficient (Wildman–Crippen LogP) is 1.94. The van der Waals surface area contributed by atoms with Crippen molar-refractivity contribution in [1.82, 2.24) is 19.7 Å². The molecule has 0 saturated carbocycles. The van der Waals surface area contributed by atoms with E-state index in [2.05, 4.69) is 17.2 Å². The smallest absolute Gasteiger partial charge is 0.243 e. The summed E-state index contributed by atoms with van der Waals surface area (Å²) in [5.74, 6) is 0.709. The zero-order valence-electron chi connectivity index (χ0n) is 14.8. The zero-order chi connectivity index (χ0) is 17.4. The van der Waals surface area contributed by atoms with Gasteiger partial charge in [0.05, 0.1) is 11.6 Å². The molecule has 1 aromatic rings. The van der Waals surface area contributed by atoms with Gasteiger partial charge < -0.3 is 19.7 Å². The van der Waals surface area contributed by atoms with Gasteiger partial charge in [0, 0.05) is 46.6 Å². The van der Waals surface area contributed by atoms with Gasteiger partial charge in [-0.25, -0.2) is 4.99 Å². The molecule has 23 heavy (non-hydrogen) atoms. The molecule has 0 atom stereocenters. The molecule has 0 radical (unpaired) electrons. The summed E-state index contributed by atoms with van der Waals surface area (Å²) in [6.07, 6.45) is 4.04. The molecule has 0 bridgehead atoms. The number of halogens is 1. The molecule has 6 nitrogen and oxygen atoms in total. The number of hydrogen-bond donors (Lipinski definition) is 1. The van der Waals surface area contributed by atoms with Crippen LogP contribution in [-0.2, 0) is 18.4 Å². The molecule has 1 aromatic heterocycles. The number of amides is 1. The standard InChI is InChI=1S/C16H28ClN5O/c1-6-7-8-18-16(19-10-15(23)20(2)3)22(5)12-14-9-13(17)11-21(14)4/h9,11H,6-8,10,12H2,1-5H3,(H,18,19). The number of guanidine groups is 1. The summed E-state index contributed by atoms with van der Waals surface area (Å²) >= 11 is 6.03. The van der Waals surface area contributed by atoms with Crippen LogP contribution in [-0.4, -0.2) is 60.5 Å². The first-order chi connectivity index (χ1) is 10.8. The second-order valence-electron chi connectivity index (χ2n) is 5.82.